The van der Waals surface area contributed by atoms with Crippen LogP contribution in [0.3, 0.4) is 0 Å². The van der Waals surface area contributed by atoms with Gasteiger partial charge in [-0.3, -0.25) is 0 Å². The first-order valence-electron chi connectivity index (χ1n) is 7.56. The zero-order valence-electron chi connectivity index (χ0n) is 11.9. The standard InChI is InChI=1S/C13H27N3O2S/c1-12-6-2-4-10-15(12)19(17,18)16-11-5-3-7-13(16)8-9-14/h12-13H,2-11,14H2,1H3. The SMILES string of the molecule is CC1CCCCN1S(=O)(=O)N1CCCCC1CCN. The molecule has 0 aromatic heterocycles. The van der Waals surface area contributed by atoms with Gasteiger partial charge in [-0.05, 0) is 45.6 Å². The van der Waals surface area contributed by atoms with Crippen molar-refractivity contribution in [2.75, 3.05) is 19.6 Å². The molecule has 0 aromatic carbocycles. The summed E-state index contributed by atoms with van der Waals surface area (Å²) in [6.45, 7) is 3.93. The second-order valence-electron chi connectivity index (χ2n) is 5.80. The lowest BCUT2D eigenvalue weighted by Crippen LogP contribution is -2.54. The zero-order valence-corrected chi connectivity index (χ0v) is 12.7. The monoisotopic (exact) mass is 289 g/mol. The average molecular weight is 289 g/mol. The minimum atomic E-state index is -3.29. The number of nitrogens with zero attached hydrogens (tertiary/aromatic N) is 2. The molecule has 0 spiro atoms. The molecular formula is C13H27N3O2S. The van der Waals surface area contributed by atoms with Crippen molar-refractivity contribution in [3.8, 4) is 0 Å². The molecule has 0 radical (unpaired) electrons. The third-order valence-corrected chi connectivity index (χ3v) is 6.62. The Bertz CT molecular complexity index is 383. The molecule has 2 fully saturated rings. The Kier molecular flexibility index (Phi) is 5.22. The maximum Gasteiger partial charge on any atom is 0.282 e. The molecule has 2 saturated heterocycles. The molecule has 0 bridgehead atoms. The number of rotatable bonds is 4. The van der Waals surface area contributed by atoms with Gasteiger partial charge >= 0.3 is 0 Å². The maximum atomic E-state index is 12.8. The second kappa shape index (κ2) is 6.52. The summed E-state index contributed by atoms with van der Waals surface area (Å²) in [7, 11) is -3.29. The smallest absolute Gasteiger partial charge is 0.282 e. The van der Waals surface area contributed by atoms with Gasteiger partial charge in [-0.25, -0.2) is 0 Å². The summed E-state index contributed by atoms with van der Waals surface area (Å²) in [5.74, 6) is 0. The summed E-state index contributed by atoms with van der Waals surface area (Å²) in [6.07, 6.45) is 6.93. The molecule has 0 aromatic rings. The van der Waals surface area contributed by atoms with E-state index >= 15 is 0 Å². The first-order valence-corrected chi connectivity index (χ1v) is 8.95. The Morgan fingerprint density at radius 2 is 1.68 bits per heavy atom. The van der Waals surface area contributed by atoms with Crippen molar-refractivity contribution in [1.29, 1.82) is 0 Å². The molecule has 2 aliphatic heterocycles. The maximum absolute atomic E-state index is 12.8. The highest BCUT2D eigenvalue weighted by molar-refractivity contribution is 7.86. The van der Waals surface area contributed by atoms with Gasteiger partial charge < -0.3 is 5.73 Å². The van der Waals surface area contributed by atoms with Gasteiger partial charge in [0, 0.05) is 25.2 Å². The summed E-state index contributed by atoms with van der Waals surface area (Å²) in [5.41, 5.74) is 5.64. The van der Waals surface area contributed by atoms with E-state index in [0.29, 0.717) is 19.6 Å². The van der Waals surface area contributed by atoms with Crippen LogP contribution in [0.4, 0.5) is 0 Å². The van der Waals surface area contributed by atoms with Crippen LogP contribution in [0.15, 0.2) is 0 Å². The summed E-state index contributed by atoms with van der Waals surface area (Å²) in [5, 5.41) is 0. The topological polar surface area (TPSA) is 66.6 Å². The Balaban J connectivity index is 2.16. The van der Waals surface area contributed by atoms with E-state index in [-0.39, 0.29) is 12.1 Å². The van der Waals surface area contributed by atoms with Crippen LogP contribution in [0.5, 0.6) is 0 Å². The first-order chi connectivity index (χ1) is 9.07. The van der Waals surface area contributed by atoms with Crippen LogP contribution in [0.25, 0.3) is 0 Å². The molecule has 2 atom stereocenters. The van der Waals surface area contributed by atoms with Crippen LogP contribution in [0, 0.1) is 0 Å². The van der Waals surface area contributed by atoms with Crippen LogP contribution >= 0.6 is 0 Å². The fraction of sp³-hybridized carbons (Fsp3) is 1.00. The van der Waals surface area contributed by atoms with Crippen molar-refractivity contribution in [3.05, 3.63) is 0 Å². The Labute approximate surface area is 117 Å². The molecule has 6 heteroatoms. The highest BCUT2D eigenvalue weighted by Crippen LogP contribution is 2.28. The van der Waals surface area contributed by atoms with Gasteiger partial charge in [-0.1, -0.05) is 12.8 Å². The number of piperidine rings is 2. The van der Waals surface area contributed by atoms with E-state index < -0.39 is 10.2 Å². The minimum absolute atomic E-state index is 0.109. The number of hydrogen-bond donors (Lipinski definition) is 1. The molecular weight excluding hydrogens is 262 g/mol. The molecule has 0 saturated carbocycles. The van der Waals surface area contributed by atoms with E-state index in [0.717, 1.165) is 44.9 Å². The van der Waals surface area contributed by atoms with Crippen LogP contribution in [0.2, 0.25) is 0 Å². The first kappa shape index (κ1) is 15.2. The molecule has 0 amide bonds. The average Bonchev–Trinajstić information content (AvgIpc) is 2.40. The Morgan fingerprint density at radius 3 is 2.32 bits per heavy atom. The van der Waals surface area contributed by atoms with Crippen molar-refractivity contribution in [2.24, 2.45) is 5.73 Å². The highest BCUT2D eigenvalue weighted by atomic mass is 32.2. The second-order valence-corrected chi connectivity index (χ2v) is 7.63. The van der Waals surface area contributed by atoms with Gasteiger partial charge in [0.15, 0.2) is 0 Å². The van der Waals surface area contributed by atoms with E-state index in [4.69, 9.17) is 5.73 Å². The summed E-state index contributed by atoms with van der Waals surface area (Å²) >= 11 is 0. The van der Waals surface area contributed by atoms with E-state index in [1.165, 1.54) is 0 Å². The van der Waals surface area contributed by atoms with E-state index in [9.17, 15) is 8.42 Å². The van der Waals surface area contributed by atoms with Crippen LogP contribution in [0.1, 0.15) is 51.9 Å². The Morgan fingerprint density at radius 1 is 1.05 bits per heavy atom. The highest BCUT2D eigenvalue weighted by Gasteiger charge is 2.38. The lowest BCUT2D eigenvalue weighted by atomic mass is 10.0. The summed E-state index contributed by atoms with van der Waals surface area (Å²) in [6, 6.07) is 0.247. The quantitative estimate of drug-likeness (QED) is 0.848. The lowest BCUT2D eigenvalue weighted by molar-refractivity contribution is 0.197. The van der Waals surface area contributed by atoms with Crippen molar-refractivity contribution in [1.82, 2.24) is 8.61 Å². The fourth-order valence-electron chi connectivity index (χ4n) is 3.31. The predicted octanol–water partition coefficient (Wildman–Crippen LogP) is 1.31. The molecule has 19 heavy (non-hydrogen) atoms. The molecule has 2 aliphatic rings. The summed E-state index contributed by atoms with van der Waals surface area (Å²) in [4.78, 5) is 0. The van der Waals surface area contributed by atoms with Crippen LogP contribution in [-0.4, -0.2) is 48.7 Å². The fourth-order valence-corrected chi connectivity index (χ4v) is 5.44. The molecule has 112 valence electrons. The van der Waals surface area contributed by atoms with Crippen molar-refractivity contribution in [2.45, 2.75) is 64.0 Å². The largest absolute Gasteiger partial charge is 0.330 e. The molecule has 2 rings (SSSR count). The lowest BCUT2D eigenvalue weighted by Gasteiger charge is -2.41. The number of hydrogen-bond acceptors (Lipinski definition) is 3. The van der Waals surface area contributed by atoms with Crippen molar-refractivity contribution < 1.29 is 8.42 Å². The zero-order chi connectivity index (χ0) is 13.9. The molecule has 2 unspecified atom stereocenters. The van der Waals surface area contributed by atoms with Gasteiger partial charge in [0.25, 0.3) is 10.2 Å². The van der Waals surface area contributed by atoms with Gasteiger partial charge in [-0.2, -0.15) is 17.0 Å². The molecule has 0 aliphatic carbocycles. The van der Waals surface area contributed by atoms with Gasteiger partial charge in [0.1, 0.15) is 0 Å². The molecule has 2 N–H and O–H groups in total. The molecule has 2 heterocycles. The third kappa shape index (κ3) is 3.29. The molecule has 5 nitrogen and oxygen atoms in total. The minimum Gasteiger partial charge on any atom is -0.330 e. The number of nitrogens with two attached hydrogens (primary N) is 1. The predicted molar refractivity (Wildman–Crippen MR) is 77.0 cm³/mol. The normalized spacial score (nSPS) is 31.5. The van der Waals surface area contributed by atoms with Crippen LogP contribution < -0.4 is 5.73 Å². The van der Waals surface area contributed by atoms with Gasteiger partial charge in [0.2, 0.25) is 0 Å². The Hall–Kier alpha value is -0.170. The van der Waals surface area contributed by atoms with E-state index in [1.54, 1.807) is 8.61 Å². The van der Waals surface area contributed by atoms with Crippen LogP contribution in [-0.2, 0) is 10.2 Å². The van der Waals surface area contributed by atoms with Gasteiger partial charge in [0.05, 0.1) is 0 Å². The van der Waals surface area contributed by atoms with Crippen molar-refractivity contribution >= 4 is 10.2 Å². The van der Waals surface area contributed by atoms with E-state index in [2.05, 4.69) is 0 Å². The summed E-state index contributed by atoms with van der Waals surface area (Å²) < 4.78 is 29.1. The third-order valence-electron chi connectivity index (χ3n) is 4.41. The van der Waals surface area contributed by atoms with E-state index in [1.807, 2.05) is 6.92 Å². The van der Waals surface area contributed by atoms with Gasteiger partial charge in [-0.15, -0.1) is 0 Å². The van der Waals surface area contributed by atoms with Crippen molar-refractivity contribution in [3.63, 3.8) is 0 Å².